The van der Waals surface area contributed by atoms with Crippen LogP contribution in [-0.2, 0) is 11.3 Å². The zero-order chi connectivity index (χ0) is 24.9. The quantitative estimate of drug-likeness (QED) is 0.497. The van der Waals surface area contributed by atoms with Gasteiger partial charge in [-0.05, 0) is 50.1 Å². The van der Waals surface area contributed by atoms with Gasteiger partial charge in [0.25, 0.3) is 5.91 Å². The van der Waals surface area contributed by atoms with Crippen LogP contribution in [0.2, 0.25) is 0 Å². The molecule has 1 aromatic heterocycles. The Morgan fingerprint density at radius 2 is 1.82 bits per heavy atom. The van der Waals surface area contributed by atoms with Gasteiger partial charge in [-0.25, -0.2) is 4.79 Å². The zero-order valence-corrected chi connectivity index (χ0v) is 18.3. The summed E-state index contributed by atoms with van der Waals surface area (Å²) >= 11 is 0. The lowest BCUT2D eigenvalue weighted by molar-refractivity contribution is -0.192. The number of nitrogens with one attached hydrogen (secondary N) is 1. The summed E-state index contributed by atoms with van der Waals surface area (Å²) in [4.78, 5) is 21.6. The number of rotatable bonds is 6. The van der Waals surface area contributed by atoms with Crippen LogP contribution in [0, 0.1) is 12.3 Å². The number of benzene rings is 2. The van der Waals surface area contributed by atoms with Gasteiger partial charge in [0, 0.05) is 28.8 Å². The van der Waals surface area contributed by atoms with E-state index < -0.39 is 12.1 Å². The van der Waals surface area contributed by atoms with Crippen molar-refractivity contribution < 1.29 is 27.9 Å². The van der Waals surface area contributed by atoms with Crippen LogP contribution < -0.4 is 11.1 Å². The minimum atomic E-state index is -5.08. The van der Waals surface area contributed by atoms with Gasteiger partial charge in [0.15, 0.2) is 0 Å². The van der Waals surface area contributed by atoms with Gasteiger partial charge in [0.1, 0.15) is 5.69 Å². The Morgan fingerprint density at radius 3 is 2.38 bits per heavy atom. The summed E-state index contributed by atoms with van der Waals surface area (Å²) in [6.07, 6.45) is -0.862. The molecule has 1 heterocycles. The van der Waals surface area contributed by atoms with Crippen LogP contribution in [0.1, 0.15) is 28.8 Å². The van der Waals surface area contributed by atoms with Gasteiger partial charge in [-0.3, -0.25) is 9.48 Å². The summed E-state index contributed by atoms with van der Waals surface area (Å²) in [5, 5.41) is 18.6. The minimum absolute atomic E-state index is 0.131. The van der Waals surface area contributed by atoms with E-state index in [1.165, 1.54) is 0 Å². The van der Waals surface area contributed by atoms with Crippen molar-refractivity contribution in [2.45, 2.75) is 32.5 Å². The van der Waals surface area contributed by atoms with Gasteiger partial charge >= 0.3 is 12.1 Å². The molecular formula is C23H24F3N5O3. The number of halogens is 3. The highest BCUT2D eigenvalue weighted by atomic mass is 19.4. The number of aliphatic carboxylic acids is 1. The second-order valence-corrected chi connectivity index (χ2v) is 8.16. The van der Waals surface area contributed by atoms with Gasteiger partial charge in [0.2, 0.25) is 0 Å². The number of alkyl halides is 3. The highest BCUT2D eigenvalue weighted by molar-refractivity contribution is 6.05. The molecule has 0 radical (unpaired) electrons. The lowest BCUT2D eigenvalue weighted by atomic mass is 10.0. The fraction of sp³-hybridized carbons (Fsp3) is 0.304. The van der Waals surface area contributed by atoms with Crippen molar-refractivity contribution in [2.24, 2.45) is 11.1 Å². The van der Waals surface area contributed by atoms with Crippen LogP contribution >= 0.6 is 0 Å². The van der Waals surface area contributed by atoms with Crippen LogP contribution in [0.3, 0.4) is 0 Å². The van der Waals surface area contributed by atoms with Crippen LogP contribution in [0.15, 0.2) is 54.7 Å². The predicted molar refractivity (Wildman–Crippen MR) is 119 cm³/mol. The Morgan fingerprint density at radius 1 is 1.18 bits per heavy atom. The number of carbonyl (C=O) groups is 2. The van der Waals surface area contributed by atoms with E-state index in [4.69, 9.17) is 15.6 Å². The van der Waals surface area contributed by atoms with Gasteiger partial charge < -0.3 is 16.2 Å². The number of para-hydroxylation sites is 1. The molecule has 8 nitrogen and oxygen atoms in total. The van der Waals surface area contributed by atoms with E-state index in [-0.39, 0.29) is 11.3 Å². The standard InChI is InChI=1S/C21H23N5O.C2HF3O2/c1-15-7-8-16(11-18(15)20(27)23-17-5-3-2-4-6-17)19-12-26(25-24-19)14-21(13-22)9-10-21;3-2(4,5)1(6)7/h2-8,11-12H,9-10,13-14,22H2,1H3,(H,23,27);(H,6,7). The Hall–Kier alpha value is -3.73. The third-order valence-corrected chi connectivity index (χ3v) is 5.48. The third kappa shape index (κ3) is 6.41. The van der Waals surface area contributed by atoms with Crippen LogP contribution in [0.5, 0.6) is 0 Å². The molecule has 0 aliphatic heterocycles. The number of hydrogen-bond donors (Lipinski definition) is 3. The summed E-state index contributed by atoms with van der Waals surface area (Å²) in [7, 11) is 0. The number of amides is 1. The first-order chi connectivity index (χ1) is 16.0. The normalized spacial score (nSPS) is 14.0. The number of nitrogens with two attached hydrogens (primary N) is 1. The second kappa shape index (κ2) is 10.0. The summed E-state index contributed by atoms with van der Waals surface area (Å²) in [6.45, 7) is 3.40. The molecule has 1 fully saturated rings. The second-order valence-electron chi connectivity index (χ2n) is 8.16. The number of aromatic nitrogens is 3. The summed E-state index contributed by atoms with van der Waals surface area (Å²) in [6, 6.07) is 15.2. The average molecular weight is 475 g/mol. The van der Waals surface area contributed by atoms with E-state index >= 15 is 0 Å². The zero-order valence-electron chi connectivity index (χ0n) is 18.3. The molecule has 4 N–H and O–H groups in total. The molecule has 1 saturated carbocycles. The first kappa shape index (κ1) is 24.9. The van der Waals surface area contributed by atoms with Crippen molar-refractivity contribution >= 4 is 17.6 Å². The number of nitrogens with zero attached hydrogens (tertiary/aromatic N) is 3. The average Bonchev–Trinajstić information content (AvgIpc) is 3.42. The van der Waals surface area contributed by atoms with Crippen molar-refractivity contribution in [1.82, 2.24) is 15.0 Å². The van der Waals surface area contributed by atoms with Crippen LogP contribution in [-0.4, -0.2) is 44.7 Å². The van der Waals surface area contributed by atoms with E-state index in [2.05, 4.69) is 15.6 Å². The van der Waals surface area contributed by atoms with Crippen molar-refractivity contribution in [3.63, 3.8) is 0 Å². The number of anilines is 1. The number of hydrogen-bond acceptors (Lipinski definition) is 5. The first-order valence-corrected chi connectivity index (χ1v) is 10.4. The molecule has 0 bridgehead atoms. The SMILES string of the molecule is Cc1ccc(-c2cn(CC3(CN)CC3)nn2)cc1C(=O)Nc1ccccc1.O=C(O)C(F)(F)F. The molecule has 0 atom stereocenters. The van der Waals surface area contributed by atoms with Crippen LogP contribution in [0.4, 0.5) is 18.9 Å². The Kier molecular flexibility index (Phi) is 7.35. The van der Waals surface area contributed by atoms with Crippen molar-refractivity contribution in [2.75, 3.05) is 11.9 Å². The third-order valence-electron chi connectivity index (χ3n) is 5.48. The molecule has 3 aromatic rings. The maximum atomic E-state index is 12.7. The maximum absolute atomic E-state index is 12.7. The number of carboxylic acids is 1. The van der Waals surface area contributed by atoms with Crippen molar-refractivity contribution in [3.05, 3.63) is 65.9 Å². The number of carbonyl (C=O) groups excluding carboxylic acids is 1. The highest BCUT2D eigenvalue weighted by Crippen LogP contribution is 2.45. The van der Waals surface area contributed by atoms with Gasteiger partial charge in [-0.1, -0.05) is 35.5 Å². The monoisotopic (exact) mass is 475 g/mol. The highest BCUT2D eigenvalue weighted by Gasteiger charge is 2.41. The first-order valence-electron chi connectivity index (χ1n) is 10.4. The minimum Gasteiger partial charge on any atom is -0.475 e. The number of aryl methyl sites for hydroxylation is 1. The van der Waals surface area contributed by atoms with Crippen molar-refractivity contribution in [3.8, 4) is 11.3 Å². The predicted octanol–water partition coefficient (Wildman–Crippen LogP) is 3.88. The lowest BCUT2D eigenvalue weighted by Crippen LogP contribution is -2.21. The molecule has 1 amide bonds. The molecule has 1 aliphatic carbocycles. The molecule has 0 unspecified atom stereocenters. The Balaban J connectivity index is 0.000000406. The largest absolute Gasteiger partial charge is 0.490 e. The smallest absolute Gasteiger partial charge is 0.475 e. The van der Waals surface area contributed by atoms with E-state index in [1.54, 1.807) is 0 Å². The summed E-state index contributed by atoms with van der Waals surface area (Å²) < 4.78 is 33.6. The molecule has 180 valence electrons. The molecule has 34 heavy (non-hydrogen) atoms. The fourth-order valence-corrected chi connectivity index (χ4v) is 3.20. The summed E-state index contributed by atoms with van der Waals surface area (Å²) in [5.74, 6) is -2.89. The van der Waals surface area contributed by atoms with Crippen LogP contribution in [0.25, 0.3) is 11.3 Å². The molecule has 1 aliphatic rings. The van der Waals surface area contributed by atoms with E-state index in [9.17, 15) is 18.0 Å². The molecule has 0 spiro atoms. The van der Waals surface area contributed by atoms with Gasteiger partial charge in [-0.2, -0.15) is 13.2 Å². The lowest BCUT2D eigenvalue weighted by Gasteiger charge is -2.10. The van der Waals surface area contributed by atoms with Crippen molar-refractivity contribution in [1.29, 1.82) is 0 Å². The topological polar surface area (TPSA) is 123 Å². The molecular weight excluding hydrogens is 451 g/mol. The van der Waals surface area contributed by atoms with Gasteiger partial charge in [-0.15, -0.1) is 5.10 Å². The molecule has 11 heteroatoms. The van der Waals surface area contributed by atoms with Gasteiger partial charge in [0.05, 0.1) is 6.20 Å². The van der Waals surface area contributed by atoms with E-state index in [0.29, 0.717) is 12.1 Å². The Labute approximate surface area is 193 Å². The maximum Gasteiger partial charge on any atom is 0.490 e. The molecule has 0 saturated heterocycles. The van der Waals surface area contributed by atoms with E-state index in [1.807, 2.05) is 66.3 Å². The Bertz CT molecular complexity index is 1160. The molecule has 4 rings (SSSR count). The fourth-order valence-electron chi connectivity index (χ4n) is 3.20. The number of carboxylic acid groups (broad SMARTS) is 1. The van der Waals surface area contributed by atoms with E-state index in [0.717, 1.165) is 41.9 Å². The molecule has 2 aromatic carbocycles. The summed E-state index contributed by atoms with van der Waals surface area (Å²) in [5.41, 5.74) is 10.0.